The maximum absolute atomic E-state index is 12.1. The summed E-state index contributed by atoms with van der Waals surface area (Å²) in [6, 6.07) is 9.22. The van der Waals surface area contributed by atoms with Crippen molar-refractivity contribution >= 4 is 11.9 Å². The number of furan rings is 1. The van der Waals surface area contributed by atoms with Crippen LogP contribution in [0.1, 0.15) is 39.4 Å². The van der Waals surface area contributed by atoms with Crippen LogP contribution in [-0.2, 0) is 0 Å². The Hall–Kier alpha value is -2.56. The lowest BCUT2D eigenvalue weighted by Gasteiger charge is -2.12. The number of nitrogens with one attached hydrogen (secondary N) is 1. The Morgan fingerprint density at radius 1 is 1.16 bits per heavy atom. The van der Waals surface area contributed by atoms with E-state index in [0.29, 0.717) is 5.76 Å². The molecule has 0 bridgehead atoms. The second-order valence-corrected chi connectivity index (χ2v) is 4.06. The third-order valence-corrected chi connectivity index (χ3v) is 2.72. The maximum Gasteiger partial charge on any atom is 0.336 e. The fourth-order valence-corrected chi connectivity index (χ4v) is 1.75. The highest BCUT2D eigenvalue weighted by Gasteiger charge is 2.18. The average molecular weight is 259 g/mol. The summed E-state index contributed by atoms with van der Waals surface area (Å²) in [7, 11) is 0. The first kappa shape index (κ1) is 12.9. The summed E-state index contributed by atoms with van der Waals surface area (Å²) >= 11 is 0. The van der Waals surface area contributed by atoms with Crippen LogP contribution in [0.5, 0.6) is 0 Å². The zero-order valence-electron chi connectivity index (χ0n) is 10.3. The molecule has 1 unspecified atom stereocenters. The van der Waals surface area contributed by atoms with E-state index < -0.39 is 11.9 Å². The Labute approximate surface area is 109 Å². The molecule has 0 fully saturated rings. The number of hydrogen-bond donors (Lipinski definition) is 2. The number of rotatable bonds is 4. The first-order valence-electron chi connectivity index (χ1n) is 5.76. The van der Waals surface area contributed by atoms with Crippen LogP contribution >= 0.6 is 0 Å². The largest absolute Gasteiger partial charge is 0.478 e. The van der Waals surface area contributed by atoms with Gasteiger partial charge in [-0.3, -0.25) is 4.79 Å². The van der Waals surface area contributed by atoms with Crippen LogP contribution in [0, 0.1) is 0 Å². The topological polar surface area (TPSA) is 79.5 Å². The van der Waals surface area contributed by atoms with E-state index >= 15 is 0 Å². The van der Waals surface area contributed by atoms with Gasteiger partial charge in [0.2, 0.25) is 0 Å². The molecule has 0 aliphatic carbocycles. The lowest BCUT2D eigenvalue weighted by molar-refractivity contribution is 0.0690. The number of carboxylic acids is 1. The normalized spacial score (nSPS) is 11.8. The summed E-state index contributed by atoms with van der Waals surface area (Å²) in [5.41, 5.74) is 0.111. The highest BCUT2D eigenvalue weighted by Crippen LogP contribution is 2.15. The predicted octanol–water partition coefficient (Wildman–Crippen LogP) is 2.47. The van der Waals surface area contributed by atoms with Gasteiger partial charge in [0.1, 0.15) is 5.76 Å². The number of aromatic carboxylic acids is 1. The number of benzene rings is 1. The molecule has 0 saturated carbocycles. The quantitative estimate of drug-likeness (QED) is 0.883. The van der Waals surface area contributed by atoms with Gasteiger partial charge >= 0.3 is 5.97 Å². The molecule has 19 heavy (non-hydrogen) atoms. The van der Waals surface area contributed by atoms with E-state index in [1.54, 1.807) is 31.2 Å². The molecule has 1 aromatic heterocycles. The van der Waals surface area contributed by atoms with Gasteiger partial charge in [0, 0.05) is 0 Å². The first-order chi connectivity index (χ1) is 9.09. The summed E-state index contributed by atoms with van der Waals surface area (Å²) in [6.07, 6.45) is 1.52. The van der Waals surface area contributed by atoms with E-state index in [1.807, 2.05) is 0 Å². The predicted molar refractivity (Wildman–Crippen MR) is 68.0 cm³/mol. The summed E-state index contributed by atoms with van der Waals surface area (Å²) in [5.74, 6) is -0.959. The van der Waals surface area contributed by atoms with E-state index in [4.69, 9.17) is 9.52 Å². The summed E-state index contributed by atoms with van der Waals surface area (Å²) in [6.45, 7) is 1.76. The van der Waals surface area contributed by atoms with E-state index in [-0.39, 0.29) is 17.2 Å². The SMILES string of the molecule is CC(NC(=O)c1ccccc1C(=O)O)c1ccco1. The minimum absolute atomic E-state index is 0.0216. The van der Waals surface area contributed by atoms with Gasteiger partial charge in [0.25, 0.3) is 5.91 Å². The van der Waals surface area contributed by atoms with Crippen molar-refractivity contribution < 1.29 is 19.1 Å². The smallest absolute Gasteiger partial charge is 0.336 e. The van der Waals surface area contributed by atoms with Crippen LogP contribution in [0.25, 0.3) is 0 Å². The molecular weight excluding hydrogens is 246 g/mol. The van der Waals surface area contributed by atoms with E-state index in [9.17, 15) is 9.59 Å². The molecule has 0 radical (unpaired) electrons. The summed E-state index contributed by atoms with van der Waals surface area (Å²) < 4.78 is 5.18. The average Bonchev–Trinajstić information content (AvgIpc) is 2.92. The Kier molecular flexibility index (Phi) is 3.66. The zero-order chi connectivity index (χ0) is 13.8. The molecule has 2 aromatic rings. The Bertz CT molecular complexity index is 589. The lowest BCUT2D eigenvalue weighted by Crippen LogP contribution is -2.27. The van der Waals surface area contributed by atoms with Crippen LogP contribution in [0.3, 0.4) is 0 Å². The molecule has 1 aromatic carbocycles. The zero-order valence-corrected chi connectivity index (χ0v) is 10.3. The molecule has 1 heterocycles. The Morgan fingerprint density at radius 2 is 1.84 bits per heavy atom. The molecule has 98 valence electrons. The lowest BCUT2D eigenvalue weighted by atomic mass is 10.1. The minimum atomic E-state index is -1.13. The second kappa shape index (κ2) is 5.39. The molecule has 0 aliphatic heterocycles. The van der Waals surface area contributed by atoms with Gasteiger partial charge < -0.3 is 14.8 Å². The van der Waals surface area contributed by atoms with Crippen molar-refractivity contribution in [2.75, 3.05) is 0 Å². The third-order valence-electron chi connectivity index (χ3n) is 2.72. The fraction of sp³-hybridized carbons (Fsp3) is 0.143. The molecule has 0 spiro atoms. The second-order valence-electron chi connectivity index (χ2n) is 4.06. The van der Waals surface area contributed by atoms with Gasteiger partial charge in [-0.05, 0) is 31.2 Å². The molecule has 5 heteroatoms. The standard InChI is InChI=1S/C14H13NO4/c1-9(12-7-4-8-19-12)15-13(16)10-5-2-3-6-11(10)14(17)18/h2-9H,1H3,(H,15,16)(H,17,18). The van der Waals surface area contributed by atoms with Gasteiger partial charge in [0.05, 0.1) is 23.4 Å². The number of carbonyl (C=O) groups is 2. The highest BCUT2D eigenvalue weighted by molar-refractivity contribution is 6.04. The molecule has 5 nitrogen and oxygen atoms in total. The van der Waals surface area contributed by atoms with Crippen LogP contribution in [0.4, 0.5) is 0 Å². The van der Waals surface area contributed by atoms with Crippen LogP contribution in [0.2, 0.25) is 0 Å². The van der Waals surface area contributed by atoms with Crippen LogP contribution in [0.15, 0.2) is 47.1 Å². The van der Waals surface area contributed by atoms with E-state index in [0.717, 1.165) is 0 Å². The molecular formula is C14H13NO4. The molecule has 1 atom stereocenters. The van der Waals surface area contributed by atoms with Gasteiger partial charge in [0.15, 0.2) is 0 Å². The molecule has 0 aliphatic rings. The maximum atomic E-state index is 12.1. The van der Waals surface area contributed by atoms with Crippen LogP contribution in [-0.4, -0.2) is 17.0 Å². The van der Waals surface area contributed by atoms with Crippen molar-refractivity contribution in [3.05, 3.63) is 59.5 Å². The molecule has 2 N–H and O–H groups in total. The van der Waals surface area contributed by atoms with Gasteiger partial charge in [-0.15, -0.1) is 0 Å². The molecule has 1 amide bonds. The van der Waals surface area contributed by atoms with Gasteiger partial charge in [-0.1, -0.05) is 12.1 Å². The number of hydrogen-bond acceptors (Lipinski definition) is 3. The monoisotopic (exact) mass is 259 g/mol. The summed E-state index contributed by atoms with van der Waals surface area (Å²) in [5, 5.41) is 11.7. The van der Waals surface area contributed by atoms with Gasteiger partial charge in [-0.2, -0.15) is 0 Å². The van der Waals surface area contributed by atoms with Crippen molar-refractivity contribution in [1.82, 2.24) is 5.32 Å². The van der Waals surface area contributed by atoms with Crippen LogP contribution < -0.4 is 5.32 Å². The Balaban J connectivity index is 2.19. The van der Waals surface area contributed by atoms with Crippen molar-refractivity contribution in [2.24, 2.45) is 0 Å². The number of carboxylic acid groups (broad SMARTS) is 1. The number of amides is 1. The third kappa shape index (κ3) is 2.82. The van der Waals surface area contributed by atoms with Crippen molar-refractivity contribution in [3.8, 4) is 0 Å². The molecule has 2 rings (SSSR count). The van der Waals surface area contributed by atoms with Gasteiger partial charge in [-0.25, -0.2) is 4.79 Å². The number of carbonyl (C=O) groups excluding carboxylic acids is 1. The summed E-state index contributed by atoms with van der Waals surface area (Å²) in [4.78, 5) is 23.1. The highest BCUT2D eigenvalue weighted by atomic mass is 16.4. The minimum Gasteiger partial charge on any atom is -0.478 e. The fourth-order valence-electron chi connectivity index (χ4n) is 1.75. The van der Waals surface area contributed by atoms with Crippen molar-refractivity contribution in [2.45, 2.75) is 13.0 Å². The first-order valence-corrected chi connectivity index (χ1v) is 5.76. The van der Waals surface area contributed by atoms with Crippen molar-refractivity contribution in [3.63, 3.8) is 0 Å². The molecule has 0 saturated heterocycles. The Morgan fingerprint density at radius 3 is 2.42 bits per heavy atom. The van der Waals surface area contributed by atoms with Crippen molar-refractivity contribution in [1.29, 1.82) is 0 Å². The van der Waals surface area contributed by atoms with E-state index in [1.165, 1.54) is 18.4 Å². The van der Waals surface area contributed by atoms with E-state index in [2.05, 4.69) is 5.32 Å².